The Kier molecular flexibility index (Phi) is 11.9. The summed E-state index contributed by atoms with van der Waals surface area (Å²) >= 11 is 0. The molecule has 0 amide bonds. The summed E-state index contributed by atoms with van der Waals surface area (Å²) in [6.45, 7) is 7.41. The van der Waals surface area contributed by atoms with Crippen molar-refractivity contribution in [2.75, 3.05) is 20.6 Å². The van der Waals surface area contributed by atoms with Gasteiger partial charge in [-0.3, -0.25) is 4.99 Å². The van der Waals surface area contributed by atoms with Crippen molar-refractivity contribution in [1.29, 1.82) is 0 Å². The number of halogens is 1. The average Bonchev–Trinajstić information content (AvgIpc) is 2.95. The second-order valence-corrected chi connectivity index (χ2v) is 5.10. The maximum Gasteiger partial charge on any atom is 0.193 e. The molecule has 0 unspecified atom stereocenters. The molecule has 0 aliphatic heterocycles. The van der Waals surface area contributed by atoms with E-state index >= 15 is 0 Å². The summed E-state index contributed by atoms with van der Waals surface area (Å²) in [5, 5.41) is 7.29. The van der Waals surface area contributed by atoms with Gasteiger partial charge in [-0.2, -0.15) is 0 Å². The van der Waals surface area contributed by atoms with Crippen molar-refractivity contribution in [3.63, 3.8) is 0 Å². The van der Waals surface area contributed by atoms with E-state index in [9.17, 15) is 0 Å². The van der Waals surface area contributed by atoms with E-state index < -0.39 is 0 Å². The third-order valence-electron chi connectivity index (χ3n) is 3.37. The lowest BCUT2D eigenvalue weighted by molar-refractivity contribution is 0.371. The fourth-order valence-corrected chi connectivity index (χ4v) is 2.08. The molecule has 1 aromatic heterocycles. The second-order valence-electron chi connectivity index (χ2n) is 5.10. The highest BCUT2D eigenvalue weighted by atomic mass is 127. The van der Waals surface area contributed by atoms with Gasteiger partial charge in [0.25, 0.3) is 0 Å². The first-order valence-corrected chi connectivity index (χ1v) is 7.68. The molecule has 1 N–H and O–H groups in total. The van der Waals surface area contributed by atoms with Crippen molar-refractivity contribution in [2.24, 2.45) is 4.99 Å². The summed E-state index contributed by atoms with van der Waals surface area (Å²) in [5.74, 6) is 1.72. The maximum atomic E-state index is 5.26. The van der Waals surface area contributed by atoms with Gasteiger partial charge in [0.05, 0.1) is 12.2 Å². The molecule has 0 bridgehead atoms. The normalized spacial score (nSPS) is 11.0. The monoisotopic (exact) mass is 420 g/mol. The summed E-state index contributed by atoms with van der Waals surface area (Å²) in [6.07, 6.45) is 7.56. The lowest BCUT2D eigenvalue weighted by Gasteiger charge is -2.21. The maximum absolute atomic E-state index is 5.26. The Balaban J connectivity index is 0.00000441. The molecule has 0 aliphatic carbocycles. The van der Waals surface area contributed by atoms with E-state index in [1.165, 1.54) is 12.8 Å². The number of unbranched alkanes of at least 4 members (excludes halogenated alkanes) is 3. The number of hydrogen-bond acceptors (Lipinski definition) is 3. The minimum absolute atomic E-state index is 0. The van der Waals surface area contributed by atoms with Crippen LogP contribution in [0.4, 0.5) is 0 Å². The van der Waals surface area contributed by atoms with Gasteiger partial charge in [0, 0.05) is 26.7 Å². The number of rotatable bonds is 9. The number of aliphatic imine (C=N–C) groups is 1. The van der Waals surface area contributed by atoms with Crippen molar-refractivity contribution in [3.05, 3.63) is 30.2 Å². The number of nitrogens with one attached hydrogen (secondary N) is 1. The Hall–Kier alpha value is -1.05. The summed E-state index contributed by atoms with van der Waals surface area (Å²) in [6, 6.07) is 1.98. The van der Waals surface area contributed by atoms with Gasteiger partial charge in [0.15, 0.2) is 11.7 Å². The highest BCUT2D eigenvalue weighted by Gasteiger charge is 2.07. The van der Waals surface area contributed by atoms with Gasteiger partial charge in [-0.1, -0.05) is 24.6 Å². The lowest BCUT2D eigenvalue weighted by Crippen LogP contribution is -2.38. The van der Waals surface area contributed by atoms with Crippen LogP contribution in [0.1, 0.15) is 44.1 Å². The lowest BCUT2D eigenvalue weighted by atomic mass is 10.2. The molecule has 0 saturated carbocycles. The standard InChI is InChI=1S/C16H28N4O.HI/c1-5-7-8-9-10-11-20(4)16(17-3)18-13-15-12-14(6-2)19-21-15;/h5,12H,1,6-11,13H2,2-4H3,(H,17,18);1H. The summed E-state index contributed by atoms with van der Waals surface area (Å²) < 4.78 is 5.26. The van der Waals surface area contributed by atoms with Gasteiger partial charge in [-0.25, -0.2) is 0 Å². The molecule has 5 nitrogen and oxygen atoms in total. The van der Waals surface area contributed by atoms with Crippen LogP contribution in [0, 0.1) is 0 Å². The molecule has 22 heavy (non-hydrogen) atoms. The number of nitrogens with zero attached hydrogens (tertiary/aromatic N) is 3. The van der Waals surface area contributed by atoms with Crippen LogP contribution in [-0.4, -0.2) is 36.7 Å². The van der Waals surface area contributed by atoms with E-state index in [4.69, 9.17) is 4.52 Å². The SMILES string of the molecule is C=CCCCCCN(C)C(=NC)NCc1cc(CC)no1.I. The first-order valence-electron chi connectivity index (χ1n) is 7.68. The molecule has 126 valence electrons. The molecule has 0 spiro atoms. The molecule has 1 heterocycles. The van der Waals surface area contributed by atoms with E-state index in [2.05, 4.69) is 40.9 Å². The predicted molar refractivity (Wildman–Crippen MR) is 103 cm³/mol. The van der Waals surface area contributed by atoms with Crippen LogP contribution in [0.25, 0.3) is 0 Å². The average molecular weight is 420 g/mol. The first kappa shape index (κ1) is 20.9. The Bertz CT molecular complexity index is 445. The van der Waals surface area contributed by atoms with Crippen LogP contribution in [0.5, 0.6) is 0 Å². The van der Waals surface area contributed by atoms with Crippen molar-refractivity contribution in [1.82, 2.24) is 15.4 Å². The molecule has 1 rings (SSSR count). The molecular formula is C16H29IN4O. The molecule has 0 saturated heterocycles. The minimum Gasteiger partial charge on any atom is -0.359 e. The van der Waals surface area contributed by atoms with E-state index in [-0.39, 0.29) is 24.0 Å². The fourth-order valence-electron chi connectivity index (χ4n) is 2.08. The Morgan fingerprint density at radius 1 is 1.45 bits per heavy atom. The molecule has 0 aliphatic rings. The fraction of sp³-hybridized carbons (Fsp3) is 0.625. The summed E-state index contributed by atoms with van der Waals surface area (Å²) in [5.41, 5.74) is 0.984. The third-order valence-corrected chi connectivity index (χ3v) is 3.37. The van der Waals surface area contributed by atoms with Crippen LogP contribution in [0.15, 0.2) is 28.2 Å². The molecule has 0 atom stereocenters. The van der Waals surface area contributed by atoms with Gasteiger partial charge in [-0.05, 0) is 25.7 Å². The molecular weight excluding hydrogens is 391 g/mol. The number of allylic oxidation sites excluding steroid dienone is 1. The van der Waals surface area contributed by atoms with Gasteiger partial charge in [0.1, 0.15) is 0 Å². The topological polar surface area (TPSA) is 53.7 Å². The van der Waals surface area contributed by atoms with E-state index in [1.54, 1.807) is 7.05 Å². The smallest absolute Gasteiger partial charge is 0.193 e. The minimum atomic E-state index is 0. The van der Waals surface area contributed by atoms with Crippen LogP contribution in [0.3, 0.4) is 0 Å². The zero-order valence-electron chi connectivity index (χ0n) is 14.0. The van der Waals surface area contributed by atoms with Gasteiger partial charge in [0.2, 0.25) is 0 Å². The second kappa shape index (κ2) is 12.5. The van der Waals surface area contributed by atoms with Crippen molar-refractivity contribution < 1.29 is 4.52 Å². The number of aromatic nitrogens is 1. The van der Waals surface area contributed by atoms with Gasteiger partial charge in [-0.15, -0.1) is 30.6 Å². The van der Waals surface area contributed by atoms with Crippen molar-refractivity contribution in [2.45, 2.75) is 45.6 Å². The third kappa shape index (κ3) is 7.82. The van der Waals surface area contributed by atoms with Crippen LogP contribution in [-0.2, 0) is 13.0 Å². The number of hydrogen-bond donors (Lipinski definition) is 1. The van der Waals surface area contributed by atoms with Crippen molar-refractivity contribution >= 4 is 29.9 Å². The Morgan fingerprint density at radius 2 is 2.23 bits per heavy atom. The summed E-state index contributed by atoms with van der Waals surface area (Å²) in [4.78, 5) is 6.44. The first-order chi connectivity index (χ1) is 10.2. The van der Waals surface area contributed by atoms with Gasteiger partial charge >= 0.3 is 0 Å². The van der Waals surface area contributed by atoms with Crippen LogP contribution < -0.4 is 5.32 Å². The highest BCUT2D eigenvalue weighted by molar-refractivity contribution is 14.0. The van der Waals surface area contributed by atoms with Gasteiger partial charge < -0.3 is 14.7 Å². The zero-order valence-corrected chi connectivity index (χ0v) is 16.3. The van der Waals surface area contributed by atoms with E-state index in [1.807, 2.05) is 12.1 Å². The van der Waals surface area contributed by atoms with Crippen LogP contribution >= 0.6 is 24.0 Å². The Labute approximate surface area is 151 Å². The number of aryl methyl sites for hydroxylation is 1. The molecule has 6 heteroatoms. The molecule has 0 fully saturated rings. The van der Waals surface area contributed by atoms with E-state index in [0.717, 1.165) is 43.2 Å². The summed E-state index contributed by atoms with van der Waals surface area (Å²) in [7, 11) is 3.86. The zero-order chi connectivity index (χ0) is 15.5. The number of guanidine groups is 1. The largest absolute Gasteiger partial charge is 0.359 e. The van der Waals surface area contributed by atoms with Crippen LogP contribution in [0.2, 0.25) is 0 Å². The predicted octanol–water partition coefficient (Wildman–Crippen LogP) is 3.61. The molecule has 0 radical (unpaired) electrons. The van der Waals surface area contributed by atoms with Crippen molar-refractivity contribution in [3.8, 4) is 0 Å². The van der Waals surface area contributed by atoms with E-state index in [0.29, 0.717) is 6.54 Å². The molecule has 0 aromatic carbocycles. The highest BCUT2D eigenvalue weighted by Crippen LogP contribution is 2.05. The molecule has 1 aromatic rings. The Morgan fingerprint density at radius 3 is 2.82 bits per heavy atom. The quantitative estimate of drug-likeness (QED) is 0.218.